The molecule has 0 saturated carbocycles. The first kappa shape index (κ1) is 14.2. The molecule has 0 bridgehead atoms. The summed E-state index contributed by atoms with van der Waals surface area (Å²) in [5.74, 6) is -0.0768. The lowest BCUT2D eigenvalue weighted by Gasteiger charge is -2.11. The molecule has 4 nitrogen and oxygen atoms in total. The van der Waals surface area contributed by atoms with Gasteiger partial charge in [-0.3, -0.25) is 0 Å². The van der Waals surface area contributed by atoms with E-state index in [-0.39, 0.29) is 0 Å². The average Bonchev–Trinajstić information content (AvgIpc) is 2.92. The summed E-state index contributed by atoms with van der Waals surface area (Å²) in [7, 11) is 1.65. The molecule has 0 spiro atoms. The van der Waals surface area contributed by atoms with E-state index >= 15 is 0 Å². The summed E-state index contributed by atoms with van der Waals surface area (Å²) in [6.45, 7) is 0.593. The van der Waals surface area contributed by atoms with Crippen LogP contribution in [-0.4, -0.2) is 22.8 Å². The number of nitrogens with zero attached hydrogens (tertiary/aromatic N) is 1. The van der Waals surface area contributed by atoms with Crippen molar-refractivity contribution in [2.75, 3.05) is 7.11 Å². The van der Waals surface area contributed by atoms with Crippen LogP contribution in [0.2, 0.25) is 0 Å². The van der Waals surface area contributed by atoms with Gasteiger partial charge in [0, 0.05) is 17.4 Å². The van der Waals surface area contributed by atoms with Crippen molar-refractivity contribution in [3.05, 3.63) is 65.9 Å². The summed E-state index contributed by atoms with van der Waals surface area (Å²) in [6.07, 6.45) is 0.711. The van der Waals surface area contributed by atoms with Crippen LogP contribution < -0.4 is 4.74 Å². The van der Waals surface area contributed by atoms with Crippen molar-refractivity contribution in [2.24, 2.45) is 0 Å². The van der Waals surface area contributed by atoms with Crippen LogP contribution in [0.15, 0.2) is 54.6 Å². The van der Waals surface area contributed by atoms with Crippen LogP contribution in [0.4, 0.5) is 0 Å². The van der Waals surface area contributed by atoms with Gasteiger partial charge in [0.25, 0.3) is 0 Å². The molecule has 4 heteroatoms. The van der Waals surface area contributed by atoms with Crippen LogP contribution in [0.3, 0.4) is 0 Å². The first-order valence-electron chi connectivity index (χ1n) is 7.14. The molecule has 0 aliphatic rings. The van der Waals surface area contributed by atoms with Crippen LogP contribution >= 0.6 is 0 Å². The molecular formula is C18H17NO3. The van der Waals surface area contributed by atoms with Crippen molar-refractivity contribution < 1.29 is 14.6 Å². The number of benzene rings is 2. The molecule has 22 heavy (non-hydrogen) atoms. The van der Waals surface area contributed by atoms with Gasteiger partial charge in [-0.2, -0.15) is 0 Å². The molecule has 3 aromatic rings. The molecule has 1 N–H and O–H groups in total. The van der Waals surface area contributed by atoms with Crippen LogP contribution in [0, 0.1) is 0 Å². The minimum atomic E-state index is -0.906. The Morgan fingerprint density at radius 3 is 2.64 bits per heavy atom. The van der Waals surface area contributed by atoms with E-state index < -0.39 is 5.97 Å². The lowest BCUT2D eigenvalue weighted by molar-refractivity contribution is 0.0685. The highest BCUT2D eigenvalue weighted by molar-refractivity contribution is 5.94. The van der Waals surface area contributed by atoms with Crippen molar-refractivity contribution in [3.63, 3.8) is 0 Å². The zero-order valence-corrected chi connectivity index (χ0v) is 12.3. The topological polar surface area (TPSA) is 51.5 Å². The van der Waals surface area contributed by atoms with Crippen molar-refractivity contribution in [1.82, 2.24) is 4.57 Å². The third-order valence-corrected chi connectivity index (χ3v) is 3.83. The fourth-order valence-electron chi connectivity index (χ4n) is 2.77. The molecule has 2 aromatic carbocycles. The van der Waals surface area contributed by atoms with Crippen LogP contribution in [0.25, 0.3) is 10.9 Å². The molecule has 0 amide bonds. The quantitative estimate of drug-likeness (QED) is 0.782. The number of para-hydroxylation sites is 2. The molecule has 0 aliphatic heterocycles. The number of hydrogen-bond acceptors (Lipinski definition) is 2. The van der Waals surface area contributed by atoms with Crippen molar-refractivity contribution in [1.29, 1.82) is 0 Å². The number of carboxylic acids is 1. The molecular weight excluding hydrogens is 278 g/mol. The number of carbonyl (C=O) groups is 1. The zero-order valence-electron chi connectivity index (χ0n) is 12.3. The number of methoxy groups -OCH3 is 1. The first-order chi connectivity index (χ1) is 10.7. The maximum Gasteiger partial charge on any atom is 0.352 e. The number of aromatic nitrogens is 1. The van der Waals surface area contributed by atoms with Gasteiger partial charge < -0.3 is 14.4 Å². The molecule has 0 radical (unpaired) electrons. The molecule has 0 aliphatic carbocycles. The van der Waals surface area contributed by atoms with Crippen LogP contribution in [0.1, 0.15) is 16.1 Å². The number of carboxylic acid groups (broad SMARTS) is 1. The zero-order chi connectivity index (χ0) is 15.5. The Morgan fingerprint density at radius 2 is 1.86 bits per heavy atom. The summed E-state index contributed by atoms with van der Waals surface area (Å²) in [5, 5.41) is 10.4. The molecule has 0 unspecified atom stereocenters. The molecule has 0 atom stereocenters. The van der Waals surface area contributed by atoms with E-state index in [0.29, 0.717) is 18.7 Å². The fraction of sp³-hybridized carbons (Fsp3) is 0.167. The molecule has 0 saturated heterocycles. The third kappa shape index (κ3) is 2.55. The van der Waals surface area contributed by atoms with Gasteiger partial charge in [0.2, 0.25) is 0 Å². The standard InChI is InChI=1S/C18H17NO3/c1-22-17-9-5-3-6-13(17)10-11-19-15-8-4-2-7-14(15)12-16(19)18(20)21/h2-9,12H,10-11H2,1H3,(H,20,21). The second-order valence-electron chi connectivity index (χ2n) is 5.11. The van der Waals surface area contributed by atoms with E-state index in [9.17, 15) is 9.90 Å². The normalized spacial score (nSPS) is 10.8. The van der Waals surface area contributed by atoms with Crippen molar-refractivity contribution >= 4 is 16.9 Å². The van der Waals surface area contributed by atoms with Crippen LogP contribution in [0.5, 0.6) is 5.75 Å². The molecule has 0 fully saturated rings. The maximum atomic E-state index is 11.5. The Morgan fingerprint density at radius 1 is 1.14 bits per heavy atom. The smallest absolute Gasteiger partial charge is 0.352 e. The second-order valence-corrected chi connectivity index (χ2v) is 5.11. The summed E-state index contributed by atoms with van der Waals surface area (Å²) >= 11 is 0. The average molecular weight is 295 g/mol. The number of ether oxygens (including phenoxy) is 1. The lowest BCUT2D eigenvalue weighted by Crippen LogP contribution is -2.10. The molecule has 1 aromatic heterocycles. The summed E-state index contributed by atoms with van der Waals surface area (Å²) in [5.41, 5.74) is 2.32. The van der Waals surface area contributed by atoms with Crippen molar-refractivity contribution in [2.45, 2.75) is 13.0 Å². The van der Waals surface area contributed by atoms with Gasteiger partial charge in [-0.1, -0.05) is 36.4 Å². The van der Waals surface area contributed by atoms with Crippen molar-refractivity contribution in [3.8, 4) is 5.75 Å². The van der Waals surface area contributed by atoms with E-state index in [4.69, 9.17) is 4.74 Å². The number of fused-ring (bicyclic) bond motifs is 1. The minimum Gasteiger partial charge on any atom is -0.496 e. The van der Waals surface area contributed by atoms with E-state index in [0.717, 1.165) is 22.2 Å². The van der Waals surface area contributed by atoms with E-state index in [2.05, 4.69) is 0 Å². The Balaban J connectivity index is 1.96. The second kappa shape index (κ2) is 5.93. The van der Waals surface area contributed by atoms with E-state index in [1.54, 1.807) is 13.2 Å². The Labute approximate surface area is 128 Å². The van der Waals surface area contributed by atoms with Gasteiger partial charge in [0.15, 0.2) is 0 Å². The van der Waals surface area contributed by atoms with Gasteiger partial charge in [-0.25, -0.2) is 4.79 Å². The largest absolute Gasteiger partial charge is 0.496 e. The third-order valence-electron chi connectivity index (χ3n) is 3.83. The maximum absolute atomic E-state index is 11.5. The molecule has 1 heterocycles. The van der Waals surface area contributed by atoms with Gasteiger partial charge in [0.05, 0.1) is 7.11 Å². The summed E-state index contributed by atoms with van der Waals surface area (Å²) < 4.78 is 7.21. The fourth-order valence-corrected chi connectivity index (χ4v) is 2.77. The first-order valence-corrected chi connectivity index (χ1v) is 7.14. The highest BCUT2D eigenvalue weighted by atomic mass is 16.5. The monoisotopic (exact) mass is 295 g/mol. The van der Waals surface area contributed by atoms with Gasteiger partial charge in [-0.05, 0) is 30.2 Å². The van der Waals surface area contributed by atoms with E-state index in [1.165, 1.54) is 0 Å². The van der Waals surface area contributed by atoms with E-state index in [1.807, 2.05) is 53.1 Å². The SMILES string of the molecule is COc1ccccc1CCn1c(C(=O)O)cc2ccccc21. The summed E-state index contributed by atoms with van der Waals surface area (Å²) in [4.78, 5) is 11.5. The highest BCUT2D eigenvalue weighted by Crippen LogP contribution is 2.23. The molecule has 112 valence electrons. The summed E-state index contributed by atoms with van der Waals surface area (Å²) in [6, 6.07) is 17.3. The number of rotatable bonds is 5. The Kier molecular flexibility index (Phi) is 3.83. The predicted octanol–water partition coefficient (Wildman–Crippen LogP) is 3.59. The number of aromatic carboxylic acids is 1. The van der Waals surface area contributed by atoms with Gasteiger partial charge in [-0.15, -0.1) is 0 Å². The number of hydrogen-bond donors (Lipinski definition) is 1. The Bertz CT molecular complexity index is 820. The lowest BCUT2D eigenvalue weighted by atomic mass is 10.1. The Hall–Kier alpha value is -2.75. The van der Waals surface area contributed by atoms with Gasteiger partial charge >= 0.3 is 5.97 Å². The highest BCUT2D eigenvalue weighted by Gasteiger charge is 2.14. The minimum absolute atomic E-state index is 0.316. The van der Waals surface area contributed by atoms with Crippen LogP contribution in [-0.2, 0) is 13.0 Å². The predicted molar refractivity (Wildman–Crippen MR) is 85.6 cm³/mol. The molecule has 3 rings (SSSR count). The van der Waals surface area contributed by atoms with Gasteiger partial charge in [0.1, 0.15) is 11.4 Å². The number of aryl methyl sites for hydroxylation is 2.